The summed E-state index contributed by atoms with van der Waals surface area (Å²) in [5.74, 6) is 1.97. The van der Waals surface area contributed by atoms with Gasteiger partial charge >= 0.3 is 0 Å². The summed E-state index contributed by atoms with van der Waals surface area (Å²) >= 11 is 6.45. The summed E-state index contributed by atoms with van der Waals surface area (Å²) in [5.41, 5.74) is 3.68. The van der Waals surface area contributed by atoms with Crippen molar-refractivity contribution in [2.45, 2.75) is 32.4 Å². The number of nitrogens with one attached hydrogen (secondary N) is 1. The smallest absolute Gasteiger partial charge is 0.160 e. The molecule has 5 rings (SSSR count). The molecule has 0 bridgehead atoms. The first-order valence-electron chi connectivity index (χ1n) is 10.3. The zero-order valence-electron chi connectivity index (χ0n) is 16.9. The minimum absolute atomic E-state index is 0.382. The average Bonchev–Trinajstić information content (AvgIpc) is 3.40. The number of anilines is 1. The van der Waals surface area contributed by atoms with E-state index in [1.165, 1.54) is 0 Å². The number of furan rings is 1. The lowest BCUT2D eigenvalue weighted by atomic mass is 10.0. The summed E-state index contributed by atoms with van der Waals surface area (Å²) in [5, 5.41) is 8.95. The molecule has 4 heterocycles. The summed E-state index contributed by atoms with van der Waals surface area (Å²) in [4.78, 5) is 7.27. The van der Waals surface area contributed by atoms with Crippen LogP contribution in [0.15, 0.2) is 59.3 Å². The predicted molar refractivity (Wildman–Crippen MR) is 119 cm³/mol. The molecule has 4 aromatic rings. The van der Waals surface area contributed by atoms with Gasteiger partial charge in [0.25, 0.3) is 0 Å². The highest BCUT2D eigenvalue weighted by Gasteiger charge is 2.21. The standard InChI is InChI=1S/C23H24ClN5O/c1-16-14-25-29-22(13-21(27-23(16)29)19-6-2-3-7-20(19)24)26-17-8-10-28(11-9-17)15-18-5-4-12-30-18/h2-7,12-14,17,26H,8-11,15H2,1H3. The summed E-state index contributed by atoms with van der Waals surface area (Å²) in [6.07, 6.45) is 5.72. The summed E-state index contributed by atoms with van der Waals surface area (Å²) in [6, 6.07) is 14.2. The van der Waals surface area contributed by atoms with Gasteiger partial charge in [0.1, 0.15) is 11.6 Å². The van der Waals surface area contributed by atoms with Crippen molar-refractivity contribution in [3.05, 3.63) is 71.3 Å². The molecule has 1 aliphatic heterocycles. The molecule has 0 amide bonds. The fourth-order valence-corrected chi connectivity index (χ4v) is 4.28. The zero-order valence-corrected chi connectivity index (χ0v) is 17.6. The van der Waals surface area contributed by atoms with Crippen LogP contribution >= 0.6 is 11.6 Å². The molecule has 154 valence electrons. The molecule has 7 heteroatoms. The first-order valence-corrected chi connectivity index (χ1v) is 10.7. The number of aromatic nitrogens is 3. The van der Waals surface area contributed by atoms with Crippen LogP contribution in [-0.4, -0.2) is 38.6 Å². The molecule has 1 fully saturated rings. The van der Waals surface area contributed by atoms with Crippen LogP contribution in [0.1, 0.15) is 24.2 Å². The molecule has 0 aliphatic carbocycles. The predicted octanol–water partition coefficient (Wildman–Crippen LogP) is 5.03. The number of halogens is 1. The molecule has 0 unspecified atom stereocenters. The molecule has 6 nitrogen and oxygen atoms in total. The highest BCUT2D eigenvalue weighted by molar-refractivity contribution is 6.33. The monoisotopic (exact) mass is 421 g/mol. The number of nitrogens with zero attached hydrogens (tertiary/aromatic N) is 4. The van der Waals surface area contributed by atoms with E-state index in [9.17, 15) is 0 Å². The Morgan fingerprint density at radius 2 is 2.00 bits per heavy atom. The van der Waals surface area contributed by atoms with Crippen LogP contribution < -0.4 is 5.32 Å². The Balaban J connectivity index is 1.37. The Labute approximate surface area is 180 Å². The maximum absolute atomic E-state index is 6.45. The van der Waals surface area contributed by atoms with Crippen molar-refractivity contribution in [1.82, 2.24) is 19.5 Å². The van der Waals surface area contributed by atoms with Gasteiger partial charge in [-0.3, -0.25) is 4.90 Å². The van der Waals surface area contributed by atoms with Gasteiger partial charge in [0, 0.05) is 41.3 Å². The number of hydrogen-bond donors (Lipinski definition) is 1. The molecule has 0 saturated carbocycles. The van der Waals surface area contributed by atoms with Crippen LogP contribution in [0.25, 0.3) is 16.9 Å². The van der Waals surface area contributed by atoms with Crippen LogP contribution in [0.4, 0.5) is 5.82 Å². The Morgan fingerprint density at radius 1 is 1.17 bits per heavy atom. The Bertz CT molecular complexity index is 1150. The molecule has 0 atom stereocenters. The van der Waals surface area contributed by atoms with Crippen molar-refractivity contribution in [3.63, 3.8) is 0 Å². The highest BCUT2D eigenvalue weighted by Crippen LogP contribution is 2.30. The van der Waals surface area contributed by atoms with E-state index >= 15 is 0 Å². The number of rotatable bonds is 5. The summed E-state index contributed by atoms with van der Waals surface area (Å²) in [7, 11) is 0. The van der Waals surface area contributed by atoms with Gasteiger partial charge in [0.15, 0.2) is 5.65 Å². The number of likely N-dealkylation sites (tertiary alicyclic amines) is 1. The van der Waals surface area contributed by atoms with E-state index in [2.05, 4.69) is 21.4 Å². The largest absolute Gasteiger partial charge is 0.468 e. The van der Waals surface area contributed by atoms with Gasteiger partial charge in [-0.15, -0.1) is 0 Å². The van der Waals surface area contributed by atoms with Crippen molar-refractivity contribution >= 4 is 23.1 Å². The maximum Gasteiger partial charge on any atom is 0.160 e. The average molecular weight is 422 g/mol. The minimum Gasteiger partial charge on any atom is -0.468 e. The molecule has 1 aliphatic rings. The number of aryl methyl sites for hydroxylation is 1. The van der Waals surface area contributed by atoms with E-state index in [1.54, 1.807) is 6.26 Å². The highest BCUT2D eigenvalue weighted by atomic mass is 35.5. The van der Waals surface area contributed by atoms with E-state index in [4.69, 9.17) is 21.0 Å². The number of fused-ring (bicyclic) bond motifs is 1. The van der Waals surface area contributed by atoms with Crippen molar-refractivity contribution < 1.29 is 4.42 Å². The summed E-state index contributed by atoms with van der Waals surface area (Å²) < 4.78 is 7.38. The lowest BCUT2D eigenvalue weighted by Crippen LogP contribution is -2.38. The van der Waals surface area contributed by atoms with Gasteiger partial charge in [0.2, 0.25) is 0 Å². The van der Waals surface area contributed by atoms with Crippen LogP contribution in [0.3, 0.4) is 0 Å². The zero-order chi connectivity index (χ0) is 20.5. The lowest BCUT2D eigenvalue weighted by molar-refractivity contribution is 0.196. The van der Waals surface area contributed by atoms with Gasteiger partial charge in [-0.2, -0.15) is 9.61 Å². The van der Waals surface area contributed by atoms with Crippen molar-refractivity contribution in [3.8, 4) is 11.3 Å². The van der Waals surface area contributed by atoms with E-state index in [-0.39, 0.29) is 0 Å². The number of piperidine rings is 1. The van der Waals surface area contributed by atoms with Crippen LogP contribution in [0.5, 0.6) is 0 Å². The fourth-order valence-electron chi connectivity index (χ4n) is 4.05. The van der Waals surface area contributed by atoms with E-state index in [0.29, 0.717) is 11.1 Å². The molecule has 0 radical (unpaired) electrons. The Hall–Kier alpha value is -2.83. The molecule has 1 aromatic carbocycles. The molecule has 30 heavy (non-hydrogen) atoms. The fraction of sp³-hybridized carbons (Fsp3) is 0.304. The van der Waals surface area contributed by atoms with Gasteiger partial charge < -0.3 is 9.73 Å². The van der Waals surface area contributed by atoms with Gasteiger partial charge in [0.05, 0.1) is 24.7 Å². The lowest BCUT2D eigenvalue weighted by Gasteiger charge is -2.32. The second-order valence-electron chi connectivity index (χ2n) is 7.84. The third kappa shape index (κ3) is 3.80. The Morgan fingerprint density at radius 3 is 2.77 bits per heavy atom. The molecule has 1 saturated heterocycles. The summed E-state index contributed by atoms with van der Waals surface area (Å²) in [6.45, 7) is 4.96. The first kappa shape index (κ1) is 19.2. The van der Waals surface area contributed by atoms with E-state index in [0.717, 1.165) is 66.5 Å². The molecule has 1 N–H and O–H groups in total. The molecule has 0 spiro atoms. The van der Waals surface area contributed by atoms with E-state index in [1.807, 2.05) is 54.0 Å². The Kier molecular flexibility index (Phi) is 5.19. The van der Waals surface area contributed by atoms with Crippen LogP contribution in [0, 0.1) is 6.92 Å². The van der Waals surface area contributed by atoms with Gasteiger partial charge in [-0.25, -0.2) is 4.98 Å². The van der Waals surface area contributed by atoms with Gasteiger partial charge in [-0.05, 0) is 38.0 Å². The normalized spacial score (nSPS) is 15.7. The second kappa shape index (κ2) is 8.13. The second-order valence-corrected chi connectivity index (χ2v) is 8.25. The molecule has 3 aromatic heterocycles. The molecular formula is C23H24ClN5O. The van der Waals surface area contributed by atoms with Crippen LogP contribution in [0.2, 0.25) is 5.02 Å². The van der Waals surface area contributed by atoms with Crippen molar-refractivity contribution in [1.29, 1.82) is 0 Å². The quantitative estimate of drug-likeness (QED) is 0.490. The van der Waals surface area contributed by atoms with Gasteiger partial charge in [-0.1, -0.05) is 29.8 Å². The SMILES string of the molecule is Cc1cnn2c(NC3CCN(Cc4ccco4)CC3)cc(-c3ccccc3Cl)nc12. The minimum atomic E-state index is 0.382. The third-order valence-electron chi connectivity index (χ3n) is 5.70. The number of hydrogen-bond acceptors (Lipinski definition) is 5. The molecular weight excluding hydrogens is 398 g/mol. The third-order valence-corrected chi connectivity index (χ3v) is 6.03. The van der Waals surface area contributed by atoms with E-state index < -0.39 is 0 Å². The topological polar surface area (TPSA) is 58.6 Å². The number of benzene rings is 1. The maximum atomic E-state index is 6.45. The van der Waals surface area contributed by atoms with Crippen molar-refractivity contribution in [2.24, 2.45) is 0 Å². The van der Waals surface area contributed by atoms with Crippen LogP contribution in [-0.2, 0) is 6.54 Å². The van der Waals surface area contributed by atoms with Crippen molar-refractivity contribution in [2.75, 3.05) is 18.4 Å². The first-order chi connectivity index (χ1) is 14.7.